The highest BCUT2D eigenvalue weighted by molar-refractivity contribution is 7.10. The Kier molecular flexibility index (Phi) is 8.48. The van der Waals surface area contributed by atoms with E-state index in [1.807, 2.05) is 18.4 Å². The van der Waals surface area contributed by atoms with E-state index in [0.29, 0.717) is 12.5 Å². The molecule has 1 heterocycles. The monoisotopic (exact) mass is 387 g/mol. The van der Waals surface area contributed by atoms with E-state index in [-0.39, 0.29) is 18.5 Å². The lowest BCUT2D eigenvalue weighted by atomic mass is 9.99. The minimum atomic E-state index is -0.450. The number of benzene rings is 1. The second kappa shape index (κ2) is 10.8. The van der Waals surface area contributed by atoms with Crippen LogP contribution < -0.4 is 16.0 Å². The molecule has 0 bridgehead atoms. The highest BCUT2D eigenvalue weighted by Gasteiger charge is 2.17. The predicted octanol–water partition coefficient (Wildman–Crippen LogP) is 3.86. The van der Waals surface area contributed by atoms with Crippen LogP contribution in [-0.4, -0.2) is 25.0 Å². The standard InChI is InChI=1S/C21H29N3O2S/c1-4-11-22-21(26)24-19(25)14-23-20(18-6-5-12-27-18)17-9-7-16(8-10-17)13-15(2)3/h5-10,12,15,20,23H,4,11,13-14H2,1-3H3,(H2,22,24,25,26)/t20-/m1/s1. The van der Waals surface area contributed by atoms with Crippen molar-refractivity contribution in [2.45, 2.75) is 39.7 Å². The van der Waals surface area contributed by atoms with Crippen molar-refractivity contribution in [3.05, 3.63) is 57.8 Å². The van der Waals surface area contributed by atoms with Gasteiger partial charge in [0, 0.05) is 11.4 Å². The summed E-state index contributed by atoms with van der Waals surface area (Å²) in [6, 6.07) is 12.0. The maximum absolute atomic E-state index is 12.1. The molecule has 0 unspecified atom stereocenters. The largest absolute Gasteiger partial charge is 0.338 e. The van der Waals surface area contributed by atoms with Gasteiger partial charge in [0.1, 0.15) is 0 Å². The van der Waals surface area contributed by atoms with Crippen LogP contribution in [0.4, 0.5) is 4.79 Å². The summed E-state index contributed by atoms with van der Waals surface area (Å²) >= 11 is 1.64. The van der Waals surface area contributed by atoms with E-state index >= 15 is 0 Å². The van der Waals surface area contributed by atoms with Crippen molar-refractivity contribution >= 4 is 23.3 Å². The molecule has 2 rings (SSSR count). The van der Waals surface area contributed by atoms with Crippen molar-refractivity contribution in [2.24, 2.45) is 5.92 Å². The summed E-state index contributed by atoms with van der Waals surface area (Å²) in [5.41, 5.74) is 2.41. The zero-order chi connectivity index (χ0) is 19.6. The van der Waals surface area contributed by atoms with E-state index in [2.05, 4.69) is 60.1 Å². The first-order chi connectivity index (χ1) is 13.0. The summed E-state index contributed by atoms with van der Waals surface area (Å²) in [5, 5.41) is 10.3. The molecule has 27 heavy (non-hydrogen) atoms. The lowest BCUT2D eigenvalue weighted by molar-refractivity contribution is -0.119. The second-order valence-corrected chi connectivity index (χ2v) is 7.95. The maximum Gasteiger partial charge on any atom is 0.321 e. The summed E-state index contributed by atoms with van der Waals surface area (Å²) in [5.74, 6) is 0.270. The molecule has 0 fully saturated rings. The molecule has 0 aliphatic carbocycles. The molecule has 0 saturated heterocycles. The molecule has 3 N–H and O–H groups in total. The van der Waals surface area contributed by atoms with Crippen LogP contribution in [0.1, 0.15) is 49.2 Å². The Hall–Kier alpha value is -2.18. The molecular weight excluding hydrogens is 358 g/mol. The zero-order valence-electron chi connectivity index (χ0n) is 16.2. The van der Waals surface area contributed by atoms with Gasteiger partial charge in [-0.15, -0.1) is 11.3 Å². The minimum absolute atomic E-state index is 0.0653. The molecule has 1 atom stereocenters. The Morgan fingerprint density at radius 1 is 1.11 bits per heavy atom. The normalized spacial score (nSPS) is 12.0. The number of carbonyl (C=O) groups excluding carboxylic acids is 2. The van der Waals surface area contributed by atoms with Crippen LogP contribution in [0.5, 0.6) is 0 Å². The second-order valence-electron chi connectivity index (χ2n) is 6.97. The van der Waals surface area contributed by atoms with Gasteiger partial charge in [-0.3, -0.25) is 15.4 Å². The minimum Gasteiger partial charge on any atom is -0.338 e. The quantitative estimate of drug-likeness (QED) is 0.612. The SMILES string of the molecule is CCCNC(=O)NC(=O)CN[C@H](c1ccc(CC(C)C)cc1)c1cccs1. The fourth-order valence-corrected chi connectivity index (χ4v) is 3.63. The summed E-state index contributed by atoms with van der Waals surface area (Å²) in [7, 11) is 0. The molecule has 0 saturated carbocycles. The number of hydrogen-bond acceptors (Lipinski definition) is 4. The van der Waals surface area contributed by atoms with E-state index in [1.165, 1.54) is 5.56 Å². The molecule has 146 valence electrons. The van der Waals surface area contributed by atoms with Gasteiger partial charge >= 0.3 is 6.03 Å². The third kappa shape index (κ3) is 7.15. The Morgan fingerprint density at radius 3 is 2.44 bits per heavy atom. The van der Waals surface area contributed by atoms with E-state index < -0.39 is 6.03 Å². The first kappa shape index (κ1) is 21.1. The molecule has 3 amide bonds. The van der Waals surface area contributed by atoms with E-state index in [4.69, 9.17) is 0 Å². The fraction of sp³-hybridized carbons (Fsp3) is 0.429. The van der Waals surface area contributed by atoms with Gasteiger partial charge in [-0.25, -0.2) is 4.79 Å². The molecule has 0 aliphatic heterocycles. The van der Waals surface area contributed by atoms with Crippen molar-refractivity contribution in [1.29, 1.82) is 0 Å². The molecule has 1 aromatic heterocycles. The van der Waals surface area contributed by atoms with Crippen molar-refractivity contribution < 1.29 is 9.59 Å². The van der Waals surface area contributed by atoms with E-state index in [0.717, 1.165) is 23.3 Å². The predicted molar refractivity (Wildman–Crippen MR) is 111 cm³/mol. The number of rotatable bonds is 9. The third-order valence-electron chi connectivity index (χ3n) is 4.04. The number of nitrogens with one attached hydrogen (secondary N) is 3. The smallest absolute Gasteiger partial charge is 0.321 e. The van der Waals surface area contributed by atoms with Gasteiger partial charge in [-0.2, -0.15) is 0 Å². The third-order valence-corrected chi connectivity index (χ3v) is 4.98. The first-order valence-electron chi connectivity index (χ1n) is 9.43. The summed E-state index contributed by atoms with van der Waals surface area (Å²) in [6.07, 6.45) is 1.87. The molecule has 0 radical (unpaired) electrons. The Morgan fingerprint density at radius 2 is 1.85 bits per heavy atom. The van der Waals surface area contributed by atoms with Gasteiger partial charge < -0.3 is 5.32 Å². The van der Waals surface area contributed by atoms with Crippen molar-refractivity contribution in [1.82, 2.24) is 16.0 Å². The molecule has 0 aliphatic rings. The Balaban J connectivity index is 2.01. The number of hydrogen-bond donors (Lipinski definition) is 3. The van der Waals surface area contributed by atoms with Gasteiger partial charge in [-0.1, -0.05) is 51.1 Å². The van der Waals surface area contributed by atoms with Crippen molar-refractivity contribution in [3.8, 4) is 0 Å². The lowest BCUT2D eigenvalue weighted by Gasteiger charge is -2.18. The summed E-state index contributed by atoms with van der Waals surface area (Å²) < 4.78 is 0. The number of carbonyl (C=O) groups is 2. The molecular formula is C21H29N3O2S. The number of amides is 3. The van der Waals surface area contributed by atoms with Crippen LogP contribution in [0.15, 0.2) is 41.8 Å². The summed E-state index contributed by atoms with van der Waals surface area (Å²) in [4.78, 5) is 24.8. The van der Waals surface area contributed by atoms with Crippen molar-refractivity contribution in [3.63, 3.8) is 0 Å². The zero-order valence-corrected chi connectivity index (χ0v) is 17.1. The number of thiophene rings is 1. The molecule has 0 spiro atoms. The maximum atomic E-state index is 12.1. The van der Waals surface area contributed by atoms with Crippen LogP contribution in [0, 0.1) is 5.92 Å². The Bertz CT molecular complexity index is 712. The topological polar surface area (TPSA) is 70.2 Å². The lowest BCUT2D eigenvalue weighted by Crippen LogP contribution is -2.44. The van der Waals surface area contributed by atoms with E-state index in [1.54, 1.807) is 11.3 Å². The fourth-order valence-electron chi connectivity index (χ4n) is 2.80. The highest BCUT2D eigenvalue weighted by atomic mass is 32.1. The van der Waals surface area contributed by atoms with Crippen LogP contribution in [0.3, 0.4) is 0 Å². The number of imide groups is 1. The van der Waals surface area contributed by atoms with Crippen LogP contribution >= 0.6 is 11.3 Å². The van der Waals surface area contributed by atoms with Gasteiger partial charge in [-0.05, 0) is 41.3 Å². The molecule has 6 heteroatoms. The van der Waals surface area contributed by atoms with Crippen LogP contribution in [-0.2, 0) is 11.2 Å². The number of urea groups is 1. The van der Waals surface area contributed by atoms with Gasteiger partial charge in [0.2, 0.25) is 5.91 Å². The van der Waals surface area contributed by atoms with E-state index in [9.17, 15) is 9.59 Å². The first-order valence-corrected chi connectivity index (χ1v) is 10.3. The van der Waals surface area contributed by atoms with Crippen molar-refractivity contribution in [2.75, 3.05) is 13.1 Å². The average molecular weight is 388 g/mol. The van der Waals surface area contributed by atoms with Gasteiger partial charge in [0.15, 0.2) is 0 Å². The molecule has 2 aromatic rings. The molecule has 1 aromatic carbocycles. The summed E-state index contributed by atoms with van der Waals surface area (Å²) in [6.45, 7) is 6.99. The van der Waals surface area contributed by atoms with Crippen LogP contribution in [0.25, 0.3) is 0 Å². The highest BCUT2D eigenvalue weighted by Crippen LogP contribution is 2.26. The van der Waals surface area contributed by atoms with Gasteiger partial charge in [0.05, 0.1) is 12.6 Å². The average Bonchev–Trinajstić information content (AvgIpc) is 3.15. The van der Waals surface area contributed by atoms with Crippen LogP contribution in [0.2, 0.25) is 0 Å². The Labute approximate surface area is 165 Å². The molecule has 5 nitrogen and oxygen atoms in total. The van der Waals surface area contributed by atoms with Gasteiger partial charge in [0.25, 0.3) is 0 Å².